The molecular weight excluding hydrogens is 249 g/mol. The van der Waals surface area contributed by atoms with Crippen LogP contribution in [0.4, 0.5) is 18.0 Å². The lowest BCUT2D eigenvalue weighted by atomic mass is 10.2. The molecule has 1 atom stereocenters. The Balaban J connectivity index is 2.54. The van der Waals surface area contributed by atoms with Crippen molar-refractivity contribution in [3.05, 3.63) is 0 Å². The summed E-state index contributed by atoms with van der Waals surface area (Å²) in [7, 11) is 0. The molecule has 1 N–H and O–H groups in total. The van der Waals surface area contributed by atoms with Gasteiger partial charge in [-0.3, -0.25) is 0 Å². The molecule has 1 fully saturated rings. The number of carbonyl (C=O) groups excluding carboxylic acids is 1. The second-order valence-corrected chi connectivity index (χ2v) is 5.30. The van der Waals surface area contributed by atoms with Crippen LogP contribution in [-0.4, -0.2) is 48.4 Å². The van der Waals surface area contributed by atoms with Crippen molar-refractivity contribution in [1.82, 2.24) is 10.2 Å². The number of hydrogen-bond donors (Lipinski definition) is 1. The van der Waals surface area contributed by atoms with Crippen LogP contribution in [0.25, 0.3) is 0 Å². The summed E-state index contributed by atoms with van der Waals surface area (Å²) in [5.74, 6) is 0. The molecule has 0 aromatic heterocycles. The molecule has 1 amide bonds. The highest BCUT2D eigenvalue weighted by Gasteiger charge is 2.40. The fourth-order valence-corrected chi connectivity index (χ4v) is 1.66. The van der Waals surface area contributed by atoms with Gasteiger partial charge in [0.05, 0.1) is 0 Å². The summed E-state index contributed by atoms with van der Waals surface area (Å²) >= 11 is 0. The molecule has 0 aliphatic carbocycles. The fourth-order valence-electron chi connectivity index (χ4n) is 1.66. The Morgan fingerprint density at radius 1 is 1.28 bits per heavy atom. The van der Waals surface area contributed by atoms with Gasteiger partial charge in [0.2, 0.25) is 0 Å². The van der Waals surface area contributed by atoms with Gasteiger partial charge in [-0.15, -0.1) is 0 Å². The number of carbonyl (C=O) groups is 1. The van der Waals surface area contributed by atoms with Crippen molar-refractivity contribution >= 4 is 6.09 Å². The predicted octanol–water partition coefficient (Wildman–Crippen LogP) is 2.15. The van der Waals surface area contributed by atoms with Crippen LogP contribution in [0.1, 0.15) is 27.2 Å². The van der Waals surface area contributed by atoms with Crippen LogP contribution in [0, 0.1) is 0 Å². The summed E-state index contributed by atoms with van der Waals surface area (Å²) in [4.78, 5) is 13.0. The van der Waals surface area contributed by atoms with E-state index in [4.69, 9.17) is 4.74 Å². The Hall–Kier alpha value is -0.980. The molecular formula is C11H19F3N2O2. The number of hydrogen-bond acceptors (Lipinski definition) is 3. The van der Waals surface area contributed by atoms with Crippen molar-refractivity contribution in [1.29, 1.82) is 0 Å². The number of halogens is 3. The molecule has 0 aromatic carbocycles. The van der Waals surface area contributed by atoms with Crippen molar-refractivity contribution in [2.24, 2.45) is 0 Å². The number of rotatable bonds is 0. The minimum atomic E-state index is -4.27. The monoisotopic (exact) mass is 268 g/mol. The average molecular weight is 268 g/mol. The maximum atomic E-state index is 12.5. The average Bonchev–Trinajstić information content (AvgIpc) is 2.38. The lowest BCUT2D eigenvalue weighted by Crippen LogP contribution is -2.42. The van der Waals surface area contributed by atoms with Crippen LogP contribution in [0.5, 0.6) is 0 Å². The molecule has 0 spiro atoms. The van der Waals surface area contributed by atoms with E-state index in [1.807, 2.05) is 0 Å². The van der Waals surface area contributed by atoms with Gasteiger partial charge in [0.1, 0.15) is 11.6 Å². The molecule has 0 unspecified atom stereocenters. The van der Waals surface area contributed by atoms with Gasteiger partial charge in [-0.1, -0.05) is 0 Å². The quantitative estimate of drug-likeness (QED) is 0.732. The zero-order valence-corrected chi connectivity index (χ0v) is 10.8. The van der Waals surface area contributed by atoms with Crippen LogP contribution in [0.15, 0.2) is 0 Å². The van der Waals surface area contributed by atoms with E-state index in [1.165, 1.54) is 4.90 Å². The Kier molecular flexibility index (Phi) is 4.47. The number of ether oxygens (including phenoxy) is 1. The van der Waals surface area contributed by atoms with Gasteiger partial charge in [0.15, 0.2) is 0 Å². The third kappa shape index (κ3) is 4.72. The van der Waals surface area contributed by atoms with Gasteiger partial charge in [-0.05, 0) is 27.2 Å². The van der Waals surface area contributed by atoms with Gasteiger partial charge in [-0.25, -0.2) is 4.79 Å². The molecule has 0 radical (unpaired) electrons. The molecule has 1 rings (SSSR count). The van der Waals surface area contributed by atoms with Crippen LogP contribution in [0.2, 0.25) is 0 Å². The Morgan fingerprint density at radius 3 is 2.39 bits per heavy atom. The normalized spacial score (nSPS) is 22.6. The first kappa shape index (κ1) is 15.1. The molecule has 4 nitrogen and oxygen atoms in total. The van der Waals surface area contributed by atoms with Gasteiger partial charge >= 0.3 is 12.3 Å². The van der Waals surface area contributed by atoms with Crippen molar-refractivity contribution in [3.8, 4) is 0 Å². The van der Waals surface area contributed by atoms with Crippen molar-refractivity contribution < 1.29 is 22.7 Å². The molecule has 0 aromatic rings. The summed E-state index contributed by atoms with van der Waals surface area (Å²) < 4.78 is 42.7. The number of nitrogens with zero attached hydrogens (tertiary/aromatic N) is 1. The highest BCUT2D eigenvalue weighted by atomic mass is 19.4. The Morgan fingerprint density at radius 2 is 1.89 bits per heavy atom. The molecule has 1 aliphatic rings. The first-order valence-corrected chi connectivity index (χ1v) is 5.87. The molecule has 18 heavy (non-hydrogen) atoms. The Labute approximate surface area is 104 Å². The van der Waals surface area contributed by atoms with Crippen LogP contribution < -0.4 is 5.32 Å². The summed E-state index contributed by atoms with van der Waals surface area (Å²) in [6, 6.07) is -1.55. The zero-order chi connectivity index (χ0) is 14.0. The van der Waals surface area contributed by atoms with E-state index in [0.717, 1.165) is 0 Å². The fraction of sp³-hybridized carbons (Fsp3) is 0.909. The third-order valence-electron chi connectivity index (χ3n) is 2.51. The van der Waals surface area contributed by atoms with Crippen molar-refractivity contribution in [2.45, 2.75) is 45.0 Å². The smallest absolute Gasteiger partial charge is 0.410 e. The molecule has 1 heterocycles. The van der Waals surface area contributed by atoms with E-state index in [1.54, 1.807) is 20.8 Å². The zero-order valence-electron chi connectivity index (χ0n) is 10.8. The maximum Gasteiger partial charge on any atom is 0.410 e. The topological polar surface area (TPSA) is 41.6 Å². The molecule has 0 saturated carbocycles. The molecule has 106 valence electrons. The lowest BCUT2D eigenvalue weighted by Gasteiger charge is -2.26. The summed E-state index contributed by atoms with van der Waals surface area (Å²) in [5, 5.41) is 2.39. The standard InChI is InChI=1S/C11H19F3N2O2/c1-10(2,3)18-9(17)16-6-4-8(11(12,13)14)15-5-7-16/h8,15H,4-7H2,1-3H3/t8-/m0/s1. The van der Waals surface area contributed by atoms with Crippen molar-refractivity contribution in [2.75, 3.05) is 19.6 Å². The molecule has 7 heteroatoms. The first-order valence-electron chi connectivity index (χ1n) is 5.87. The van der Waals surface area contributed by atoms with Crippen LogP contribution in [0.3, 0.4) is 0 Å². The van der Waals surface area contributed by atoms with E-state index in [9.17, 15) is 18.0 Å². The summed E-state index contributed by atoms with van der Waals surface area (Å²) in [5.41, 5.74) is -0.639. The van der Waals surface area contributed by atoms with E-state index >= 15 is 0 Å². The van der Waals surface area contributed by atoms with Gasteiger partial charge < -0.3 is 15.0 Å². The first-order chi connectivity index (χ1) is 8.09. The van der Waals surface area contributed by atoms with Gasteiger partial charge in [-0.2, -0.15) is 13.2 Å². The van der Waals surface area contributed by atoms with Crippen molar-refractivity contribution in [3.63, 3.8) is 0 Å². The lowest BCUT2D eigenvalue weighted by molar-refractivity contribution is -0.156. The second-order valence-electron chi connectivity index (χ2n) is 5.30. The Bertz CT molecular complexity index is 300. The highest BCUT2D eigenvalue weighted by Crippen LogP contribution is 2.24. The molecule has 1 aliphatic heterocycles. The second kappa shape index (κ2) is 5.34. The number of alkyl halides is 3. The largest absolute Gasteiger partial charge is 0.444 e. The van der Waals surface area contributed by atoms with Crippen LogP contribution in [-0.2, 0) is 4.74 Å². The highest BCUT2D eigenvalue weighted by molar-refractivity contribution is 5.68. The molecule has 0 bridgehead atoms. The van der Waals surface area contributed by atoms with Gasteiger partial charge in [0.25, 0.3) is 0 Å². The summed E-state index contributed by atoms with van der Waals surface area (Å²) in [6.07, 6.45) is -4.99. The van der Waals surface area contributed by atoms with E-state index < -0.39 is 23.9 Å². The minimum absolute atomic E-state index is 0.0477. The SMILES string of the molecule is CC(C)(C)OC(=O)N1CCN[C@H](C(F)(F)F)CC1. The predicted molar refractivity (Wildman–Crippen MR) is 60.3 cm³/mol. The maximum absolute atomic E-state index is 12.5. The summed E-state index contributed by atoms with van der Waals surface area (Å²) in [6.45, 7) is 5.55. The number of nitrogens with one attached hydrogen (secondary N) is 1. The van der Waals surface area contributed by atoms with E-state index in [0.29, 0.717) is 0 Å². The number of amides is 1. The molecule has 1 saturated heterocycles. The van der Waals surface area contributed by atoms with Crippen LogP contribution >= 0.6 is 0 Å². The minimum Gasteiger partial charge on any atom is -0.444 e. The third-order valence-corrected chi connectivity index (χ3v) is 2.51. The van der Waals surface area contributed by atoms with E-state index in [2.05, 4.69) is 5.32 Å². The van der Waals surface area contributed by atoms with Gasteiger partial charge in [0, 0.05) is 19.6 Å². The van der Waals surface area contributed by atoms with E-state index in [-0.39, 0.29) is 26.1 Å².